The van der Waals surface area contributed by atoms with Gasteiger partial charge in [0, 0.05) is 22.1 Å². The van der Waals surface area contributed by atoms with Crippen LogP contribution in [0.15, 0.2) is 41.1 Å². The molecule has 0 aliphatic carbocycles. The molecule has 5 aromatic rings. The summed E-state index contributed by atoms with van der Waals surface area (Å²) in [6.07, 6.45) is 2.05. The molecule has 0 amide bonds. The maximum absolute atomic E-state index is 15.2. The number of hydrogen-bond donors (Lipinski definition) is 1. The first-order valence-corrected chi connectivity index (χ1v) is 20.9. The summed E-state index contributed by atoms with van der Waals surface area (Å²) in [5.74, 6) is 1.66. The highest BCUT2D eigenvalue weighted by atomic mass is 35.5. The molecular weight excluding hydrogens is 745 g/mol. The summed E-state index contributed by atoms with van der Waals surface area (Å²) in [6, 6.07) is 9.72. The Bertz CT molecular complexity index is 2500. The Kier molecular flexibility index (Phi) is 10.6. The Morgan fingerprint density at radius 2 is 1.46 bits per heavy atom. The van der Waals surface area contributed by atoms with Gasteiger partial charge in [0.25, 0.3) is 0 Å². The molecule has 2 heterocycles. The molecule has 0 saturated carbocycles. The molecule has 3 aromatic carbocycles. The summed E-state index contributed by atoms with van der Waals surface area (Å²) in [7, 11) is -3.50. The minimum absolute atomic E-state index is 0.149. The van der Waals surface area contributed by atoms with Crippen molar-refractivity contribution >= 4 is 43.8 Å². The molecule has 0 saturated heterocycles. The van der Waals surface area contributed by atoms with Crippen LogP contribution in [0, 0.1) is 59.7 Å². The number of halogens is 2. The number of anilines is 2. The van der Waals surface area contributed by atoms with E-state index in [1.807, 2.05) is 78.8 Å². The van der Waals surface area contributed by atoms with Crippen LogP contribution in [0.2, 0.25) is 5.02 Å². The average Bonchev–Trinajstić information content (AvgIpc) is 3.63. The smallest absolute Gasteiger partial charge is 0.160 e. The zero-order valence-electron chi connectivity index (χ0n) is 37.9. The number of fused-ring (bicyclic) bond motifs is 1. The summed E-state index contributed by atoms with van der Waals surface area (Å²) in [4.78, 5) is 9.13. The van der Waals surface area contributed by atoms with Crippen molar-refractivity contribution in [2.75, 3.05) is 5.32 Å². The second-order valence-electron chi connectivity index (χ2n) is 18.1. The molecule has 0 aliphatic heterocycles. The van der Waals surface area contributed by atoms with E-state index in [0.29, 0.717) is 57.0 Å². The molecule has 0 fully saturated rings. The minimum atomic E-state index is -3.50. The molecule has 0 aliphatic rings. The number of nitrogens with one attached hydrogen (secondary N) is 1. The molecule has 1 N–H and O–H groups in total. The fraction of sp³-hybridized carbons (Fsp3) is 0.478. The van der Waals surface area contributed by atoms with Crippen LogP contribution in [0.4, 0.5) is 15.9 Å². The summed E-state index contributed by atoms with van der Waals surface area (Å²) in [5, 5.41) is 4.44. The van der Waals surface area contributed by atoms with E-state index in [0.717, 1.165) is 22.3 Å². The van der Waals surface area contributed by atoms with Crippen LogP contribution in [-0.4, -0.2) is 27.9 Å². The van der Waals surface area contributed by atoms with Crippen LogP contribution in [0.1, 0.15) is 122 Å². The fourth-order valence-corrected chi connectivity index (χ4v) is 10.4. The number of aromatic nitrogens is 2. The number of nitrogens with zero attached hydrogens (tertiary/aromatic N) is 2. The van der Waals surface area contributed by atoms with Gasteiger partial charge >= 0.3 is 0 Å². The van der Waals surface area contributed by atoms with Crippen molar-refractivity contribution < 1.29 is 24.7 Å². The molecule has 0 radical (unpaired) electrons. The first kappa shape index (κ1) is 40.3. The van der Waals surface area contributed by atoms with E-state index in [1.54, 1.807) is 48.5 Å². The van der Waals surface area contributed by atoms with Gasteiger partial charge < -0.3 is 14.5 Å². The van der Waals surface area contributed by atoms with Gasteiger partial charge in [0.05, 0.1) is 22.8 Å². The average molecular weight is 807 g/mol. The molecule has 5 rings (SSSR count). The van der Waals surface area contributed by atoms with Gasteiger partial charge in [0.15, 0.2) is 9.84 Å². The van der Waals surface area contributed by atoms with Crippen LogP contribution in [0.25, 0.3) is 22.2 Å². The van der Waals surface area contributed by atoms with Gasteiger partial charge in [0.1, 0.15) is 41.8 Å². The van der Waals surface area contributed by atoms with Gasteiger partial charge in [-0.1, -0.05) is 39.3 Å². The lowest BCUT2D eigenvalue weighted by atomic mass is 9.68. The van der Waals surface area contributed by atoms with Gasteiger partial charge in [0.2, 0.25) is 0 Å². The Labute approximate surface area is 341 Å². The Morgan fingerprint density at radius 3 is 2.09 bits per heavy atom. The molecule has 302 valence electrons. The number of ether oxygens (including phenoxy) is 1. The summed E-state index contributed by atoms with van der Waals surface area (Å²) in [5.41, 5.74) is 5.26. The van der Waals surface area contributed by atoms with Gasteiger partial charge in [-0.3, -0.25) is 0 Å². The van der Waals surface area contributed by atoms with E-state index in [9.17, 15) is 8.42 Å². The normalized spacial score (nSPS) is 13.9. The van der Waals surface area contributed by atoms with Crippen LogP contribution in [0.5, 0.6) is 5.75 Å². The predicted molar refractivity (Wildman–Crippen MR) is 230 cm³/mol. The van der Waals surface area contributed by atoms with Crippen molar-refractivity contribution in [1.82, 2.24) is 9.97 Å². The van der Waals surface area contributed by atoms with E-state index >= 15 is 4.39 Å². The molecule has 10 heteroatoms. The Hall–Kier alpha value is -3.95. The number of rotatable bonds is 11. The van der Waals surface area contributed by atoms with Crippen molar-refractivity contribution in [1.29, 1.82) is 0 Å². The molecular formula is C46H59ClFN3O4S. The van der Waals surface area contributed by atoms with Crippen LogP contribution in [-0.2, 0) is 21.8 Å². The van der Waals surface area contributed by atoms with Crippen molar-refractivity contribution in [2.45, 2.75) is 139 Å². The molecule has 0 atom stereocenters. The third-order valence-electron chi connectivity index (χ3n) is 12.4. The van der Waals surface area contributed by atoms with E-state index in [4.69, 9.17) is 23.5 Å². The summed E-state index contributed by atoms with van der Waals surface area (Å²) in [6.45, 7) is 27.1. The van der Waals surface area contributed by atoms with E-state index in [1.165, 1.54) is 6.33 Å². The highest BCUT2D eigenvalue weighted by Crippen LogP contribution is 2.50. The number of benzene rings is 3. The molecule has 0 unspecified atom stereocenters. The van der Waals surface area contributed by atoms with E-state index in [-0.39, 0.29) is 21.9 Å². The first-order chi connectivity index (χ1) is 26.4. The molecule has 7 nitrogen and oxygen atoms in total. The zero-order chi connectivity index (χ0) is 43.9. The van der Waals surface area contributed by atoms with Crippen molar-refractivity contribution in [3.05, 3.63) is 97.8 Å². The molecule has 0 bridgehead atoms. The lowest BCUT2D eigenvalue weighted by molar-refractivity contribution is 0.181. The molecule has 56 heavy (non-hydrogen) atoms. The molecule has 2 aromatic heterocycles. The quantitative estimate of drug-likeness (QED) is 0.142. The van der Waals surface area contributed by atoms with E-state index in [2.05, 4.69) is 29.1 Å². The highest BCUT2D eigenvalue weighted by Gasteiger charge is 2.53. The fourth-order valence-electron chi connectivity index (χ4n) is 7.77. The second-order valence-corrected chi connectivity index (χ2v) is 21.7. The Balaban J connectivity index is 1.48. The summed E-state index contributed by atoms with van der Waals surface area (Å²) >= 11 is 6.99. The Morgan fingerprint density at radius 1 is 0.821 bits per heavy atom. The topological polar surface area (TPSA) is 94.3 Å². The van der Waals surface area contributed by atoms with Gasteiger partial charge in [-0.05, 0) is 170 Å². The SMILES string of the molecule is [2H]C([2H])(Oc1c(C)c(C)c(Nc2ncnc3ccc(-c4ccc(C(C)(C)CC(C)(C)C(C)(C)S(=O)(=O)C(C)(C)C)o4)cc23)c(C)c1Cl)c1c(C)c(C)c(C)c(F)c1C. The standard InChI is InChI=1S/C46H59ClFN3O4S/c1-25-26(2)34(30(6)39(48)27(25)3)22-54-41-29(5)28(4)40(31(7)38(41)47)51-42-33-21-32(17-18-35(33)49-24-50-42)36-19-20-37(55-36)44(11,12)23-45(13,14)46(15,16)56(52,53)43(8,9)10/h17-21,24H,22-23H2,1-16H3,(H,49,50,51)/i22D2. The zero-order valence-corrected chi connectivity index (χ0v) is 37.4. The third kappa shape index (κ3) is 7.34. The summed E-state index contributed by atoms with van der Waals surface area (Å²) < 4.78 is 71.4. The molecule has 0 spiro atoms. The first-order valence-electron chi connectivity index (χ1n) is 20.0. The van der Waals surface area contributed by atoms with Crippen molar-refractivity contribution in [3.8, 4) is 17.1 Å². The van der Waals surface area contributed by atoms with Gasteiger partial charge in [-0.15, -0.1) is 0 Å². The van der Waals surface area contributed by atoms with Gasteiger partial charge in [-0.2, -0.15) is 0 Å². The van der Waals surface area contributed by atoms with Crippen LogP contribution >= 0.6 is 11.6 Å². The lowest BCUT2D eigenvalue weighted by Crippen LogP contribution is -2.54. The highest BCUT2D eigenvalue weighted by molar-refractivity contribution is 7.94. The van der Waals surface area contributed by atoms with Crippen LogP contribution in [0.3, 0.4) is 0 Å². The lowest BCUT2D eigenvalue weighted by Gasteiger charge is -2.47. The maximum atomic E-state index is 15.2. The number of furan rings is 1. The van der Waals surface area contributed by atoms with Crippen molar-refractivity contribution in [3.63, 3.8) is 0 Å². The van der Waals surface area contributed by atoms with Crippen molar-refractivity contribution in [2.24, 2.45) is 5.41 Å². The number of sulfone groups is 1. The second kappa shape index (κ2) is 14.8. The van der Waals surface area contributed by atoms with E-state index < -0.39 is 42.5 Å². The van der Waals surface area contributed by atoms with Gasteiger partial charge in [-0.25, -0.2) is 22.8 Å². The predicted octanol–water partition coefficient (Wildman–Crippen LogP) is 12.8. The number of hydrogen-bond acceptors (Lipinski definition) is 7. The minimum Gasteiger partial charge on any atom is -0.487 e. The van der Waals surface area contributed by atoms with Crippen LogP contribution < -0.4 is 10.1 Å². The maximum Gasteiger partial charge on any atom is 0.160 e. The largest absolute Gasteiger partial charge is 0.487 e. The monoisotopic (exact) mass is 805 g/mol. The third-order valence-corrected chi connectivity index (χ3v) is 16.4.